The quantitative estimate of drug-likeness (QED) is 0.745. The molecule has 0 aliphatic carbocycles. The summed E-state index contributed by atoms with van der Waals surface area (Å²) in [4.78, 5) is 28.6. The molecule has 7 nitrogen and oxygen atoms in total. The third-order valence-corrected chi connectivity index (χ3v) is 5.03. The number of fused-ring (bicyclic) bond motifs is 1. The molecule has 2 aromatic rings. The molecule has 7 heteroatoms. The van der Waals surface area contributed by atoms with E-state index < -0.39 is 0 Å². The van der Waals surface area contributed by atoms with Gasteiger partial charge < -0.3 is 24.0 Å². The number of benzene rings is 2. The molecule has 0 atom stereocenters. The van der Waals surface area contributed by atoms with Crippen LogP contribution >= 0.6 is 0 Å². The van der Waals surface area contributed by atoms with Gasteiger partial charge in [0.05, 0.1) is 7.11 Å². The van der Waals surface area contributed by atoms with Crippen LogP contribution in [0, 0.1) is 0 Å². The molecule has 2 aromatic carbocycles. The fourth-order valence-electron chi connectivity index (χ4n) is 3.34. The first-order valence-electron chi connectivity index (χ1n) is 9.44. The Labute approximate surface area is 169 Å². The molecule has 2 aliphatic rings. The molecule has 0 saturated carbocycles. The highest BCUT2D eigenvalue weighted by atomic mass is 16.7. The zero-order valence-corrected chi connectivity index (χ0v) is 16.2. The highest BCUT2D eigenvalue weighted by Crippen LogP contribution is 2.32. The number of piperazine rings is 1. The predicted octanol–water partition coefficient (Wildman–Crippen LogP) is 2.42. The maximum absolute atomic E-state index is 12.6. The van der Waals surface area contributed by atoms with Gasteiger partial charge in [-0.25, -0.2) is 0 Å². The minimum Gasteiger partial charge on any atom is -0.497 e. The van der Waals surface area contributed by atoms with E-state index in [1.807, 2.05) is 18.2 Å². The van der Waals surface area contributed by atoms with Crippen LogP contribution in [-0.4, -0.2) is 61.7 Å². The lowest BCUT2D eigenvalue weighted by molar-refractivity contribution is -0.127. The van der Waals surface area contributed by atoms with Crippen molar-refractivity contribution in [3.8, 4) is 17.2 Å². The summed E-state index contributed by atoms with van der Waals surface area (Å²) >= 11 is 0. The molecule has 2 amide bonds. The van der Waals surface area contributed by atoms with E-state index in [4.69, 9.17) is 14.2 Å². The first-order valence-corrected chi connectivity index (χ1v) is 9.44. The summed E-state index contributed by atoms with van der Waals surface area (Å²) in [5.74, 6) is 2.01. The van der Waals surface area contributed by atoms with Crippen molar-refractivity contribution in [1.82, 2.24) is 9.80 Å². The van der Waals surface area contributed by atoms with Crippen molar-refractivity contribution in [2.24, 2.45) is 0 Å². The van der Waals surface area contributed by atoms with Gasteiger partial charge in [-0.05, 0) is 48.0 Å². The number of carbonyl (C=O) groups is 2. The number of hydrogen-bond acceptors (Lipinski definition) is 5. The van der Waals surface area contributed by atoms with Gasteiger partial charge in [0.1, 0.15) is 5.75 Å². The van der Waals surface area contributed by atoms with Gasteiger partial charge in [-0.15, -0.1) is 0 Å². The van der Waals surface area contributed by atoms with Crippen molar-refractivity contribution in [2.75, 3.05) is 40.1 Å². The molecule has 0 aromatic heterocycles. The number of carbonyl (C=O) groups excluding carboxylic acids is 2. The Morgan fingerprint density at radius 1 is 0.931 bits per heavy atom. The molecule has 0 radical (unpaired) electrons. The van der Waals surface area contributed by atoms with Gasteiger partial charge in [0.2, 0.25) is 12.7 Å². The molecule has 4 rings (SSSR count). The fourth-order valence-corrected chi connectivity index (χ4v) is 3.34. The van der Waals surface area contributed by atoms with Gasteiger partial charge in [-0.2, -0.15) is 0 Å². The van der Waals surface area contributed by atoms with Crippen LogP contribution in [0.25, 0.3) is 6.08 Å². The molecule has 1 fully saturated rings. The van der Waals surface area contributed by atoms with E-state index in [2.05, 4.69) is 0 Å². The zero-order valence-electron chi connectivity index (χ0n) is 16.2. The van der Waals surface area contributed by atoms with Crippen molar-refractivity contribution in [3.63, 3.8) is 0 Å². The topological polar surface area (TPSA) is 68.3 Å². The highest BCUT2D eigenvalue weighted by Gasteiger charge is 2.24. The van der Waals surface area contributed by atoms with Crippen molar-refractivity contribution in [1.29, 1.82) is 0 Å². The lowest BCUT2D eigenvalue weighted by atomic mass is 10.1. The number of methoxy groups -OCH3 is 1. The van der Waals surface area contributed by atoms with Crippen molar-refractivity contribution < 1.29 is 23.8 Å². The minimum atomic E-state index is -0.0702. The average molecular weight is 394 g/mol. The molecule has 0 N–H and O–H groups in total. The van der Waals surface area contributed by atoms with E-state index in [1.165, 1.54) is 0 Å². The lowest BCUT2D eigenvalue weighted by Gasteiger charge is -2.34. The highest BCUT2D eigenvalue weighted by molar-refractivity contribution is 5.95. The summed E-state index contributed by atoms with van der Waals surface area (Å²) in [6.07, 6.45) is 3.32. The Bertz CT molecular complexity index is 931. The van der Waals surface area contributed by atoms with Gasteiger partial charge in [0.15, 0.2) is 11.5 Å². The van der Waals surface area contributed by atoms with Crippen molar-refractivity contribution in [3.05, 3.63) is 59.7 Å². The fraction of sp³-hybridized carbons (Fsp3) is 0.273. The summed E-state index contributed by atoms with van der Waals surface area (Å²) < 4.78 is 15.8. The van der Waals surface area contributed by atoms with E-state index in [9.17, 15) is 9.59 Å². The number of ether oxygens (including phenoxy) is 3. The Kier molecular flexibility index (Phi) is 5.37. The van der Waals surface area contributed by atoms with E-state index in [1.54, 1.807) is 53.3 Å². The maximum atomic E-state index is 12.6. The molecule has 2 heterocycles. The molecular weight excluding hydrogens is 372 g/mol. The maximum Gasteiger partial charge on any atom is 0.253 e. The molecular formula is C22H22N2O5. The van der Waals surface area contributed by atoms with Crippen LogP contribution in [0.3, 0.4) is 0 Å². The Hall–Kier alpha value is -3.48. The van der Waals surface area contributed by atoms with Crippen LogP contribution in [0.15, 0.2) is 48.5 Å². The SMILES string of the molecule is COc1ccc(C(=O)N2CCN(C(=O)C=Cc3ccc4c(c3)OCO4)CC2)cc1. The molecule has 2 aliphatic heterocycles. The number of nitrogens with zero attached hydrogens (tertiary/aromatic N) is 2. The number of rotatable bonds is 4. The number of hydrogen-bond donors (Lipinski definition) is 0. The van der Waals surface area contributed by atoms with Crippen LogP contribution in [0.1, 0.15) is 15.9 Å². The summed E-state index contributed by atoms with van der Waals surface area (Å²) in [7, 11) is 1.59. The van der Waals surface area contributed by atoms with Crippen molar-refractivity contribution >= 4 is 17.9 Å². The van der Waals surface area contributed by atoms with Gasteiger partial charge in [-0.1, -0.05) is 6.07 Å². The lowest BCUT2D eigenvalue weighted by Crippen LogP contribution is -2.50. The monoisotopic (exact) mass is 394 g/mol. The molecule has 29 heavy (non-hydrogen) atoms. The summed E-state index contributed by atoms with van der Waals surface area (Å²) in [6, 6.07) is 12.6. The van der Waals surface area contributed by atoms with Gasteiger partial charge in [0.25, 0.3) is 5.91 Å². The smallest absolute Gasteiger partial charge is 0.253 e. The van der Waals surface area contributed by atoms with Crippen molar-refractivity contribution in [2.45, 2.75) is 0 Å². The first-order chi connectivity index (χ1) is 14.1. The molecule has 150 valence electrons. The minimum absolute atomic E-state index is 0.0318. The van der Waals surface area contributed by atoms with Crippen LogP contribution in [0.2, 0.25) is 0 Å². The van der Waals surface area contributed by atoms with Gasteiger partial charge >= 0.3 is 0 Å². The number of amides is 2. The normalized spacial score (nSPS) is 15.6. The standard InChI is InChI=1S/C22H22N2O5/c1-27-18-6-4-17(5-7-18)22(26)24-12-10-23(11-13-24)21(25)9-3-16-2-8-19-20(14-16)29-15-28-19/h2-9,14H,10-13,15H2,1H3. The van der Waals surface area contributed by atoms with Crippen LogP contribution < -0.4 is 14.2 Å². The second-order valence-corrected chi connectivity index (χ2v) is 6.79. The summed E-state index contributed by atoms with van der Waals surface area (Å²) in [5.41, 5.74) is 1.49. The van der Waals surface area contributed by atoms with Gasteiger partial charge in [-0.3, -0.25) is 9.59 Å². The van der Waals surface area contributed by atoms with Crippen LogP contribution in [0.4, 0.5) is 0 Å². The first kappa shape index (κ1) is 18.9. The predicted molar refractivity (Wildman–Crippen MR) is 107 cm³/mol. The molecule has 1 saturated heterocycles. The van der Waals surface area contributed by atoms with Gasteiger partial charge in [0, 0.05) is 37.8 Å². The van der Waals surface area contributed by atoms with Crippen LogP contribution in [0.5, 0.6) is 17.2 Å². The molecule has 0 unspecified atom stereocenters. The van der Waals surface area contributed by atoms with E-state index >= 15 is 0 Å². The van der Waals surface area contributed by atoms with E-state index in [-0.39, 0.29) is 18.6 Å². The largest absolute Gasteiger partial charge is 0.497 e. The van der Waals surface area contributed by atoms with E-state index in [0.717, 1.165) is 5.56 Å². The Morgan fingerprint density at radius 2 is 1.62 bits per heavy atom. The van der Waals surface area contributed by atoms with Crippen LogP contribution in [-0.2, 0) is 4.79 Å². The third-order valence-electron chi connectivity index (χ3n) is 5.03. The summed E-state index contributed by atoms with van der Waals surface area (Å²) in [6.45, 7) is 2.25. The second-order valence-electron chi connectivity index (χ2n) is 6.79. The second kappa shape index (κ2) is 8.26. The van der Waals surface area contributed by atoms with E-state index in [0.29, 0.717) is 49.0 Å². The Morgan fingerprint density at radius 3 is 2.34 bits per heavy atom. The third kappa shape index (κ3) is 4.18. The molecule has 0 spiro atoms. The Balaban J connectivity index is 1.31. The summed E-state index contributed by atoms with van der Waals surface area (Å²) in [5, 5.41) is 0. The average Bonchev–Trinajstić information content (AvgIpc) is 3.25. The molecule has 0 bridgehead atoms. The zero-order chi connectivity index (χ0) is 20.2.